The van der Waals surface area contributed by atoms with E-state index in [-0.39, 0.29) is 11.7 Å². The van der Waals surface area contributed by atoms with Gasteiger partial charge in [0.25, 0.3) is 5.91 Å². The molecule has 0 aliphatic carbocycles. The molecule has 1 N–H and O–H groups in total. The number of carbonyl (C=O) groups is 1. The number of methoxy groups -OCH3 is 3. The predicted octanol–water partition coefficient (Wildman–Crippen LogP) is 6.80. The van der Waals surface area contributed by atoms with Gasteiger partial charge in [-0.2, -0.15) is 0 Å². The van der Waals surface area contributed by atoms with E-state index in [4.69, 9.17) is 23.0 Å². The summed E-state index contributed by atoms with van der Waals surface area (Å²) in [5.74, 6) is 2.27. The number of rotatable bonds is 7. The Labute approximate surface area is 214 Å². The quantitative estimate of drug-likeness (QED) is 0.239. The van der Waals surface area contributed by atoms with Gasteiger partial charge >= 0.3 is 0 Å². The number of amides is 1. The van der Waals surface area contributed by atoms with Crippen molar-refractivity contribution >= 4 is 38.6 Å². The number of hydrogen-bond donors (Lipinski definition) is 1. The fourth-order valence-electron chi connectivity index (χ4n) is 3.76. The highest BCUT2D eigenvalue weighted by atomic mass is 79.9. The topological polar surface area (TPSA) is 96.0 Å². The van der Waals surface area contributed by atoms with Crippen molar-refractivity contribution in [1.82, 2.24) is 4.98 Å². The minimum absolute atomic E-state index is 0.200. The van der Waals surface area contributed by atoms with E-state index in [1.807, 2.05) is 24.3 Å². The first-order chi connectivity index (χ1) is 17.5. The maximum Gasteiger partial charge on any atom is 0.291 e. The monoisotopic (exact) mass is 548 g/mol. The summed E-state index contributed by atoms with van der Waals surface area (Å²) in [6.45, 7) is 0. The van der Waals surface area contributed by atoms with Crippen LogP contribution in [-0.2, 0) is 0 Å². The van der Waals surface area contributed by atoms with Crippen molar-refractivity contribution in [2.24, 2.45) is 0 Å². The summed E-state index contributed by atoms with van der Waals surface area (Å²) in [6.07, 6.45) is 0. The van der Waals surface area contributed by atoms with Gasteiger partial charge in [0.2, 0.25) is 11.6 Å². The summed E-state index contributed by atoms with van der Waals surface area (Å²) in [7, 11) is 4.63. The summed E-state index contributed by atoms with van der Waals surface area (Å²) in [5, 5.41) is 2.85. The van der Waals surface area contributed by atoms with E-state index in [1.54, 1.807) is 63.8 Å². The molecule has 0 unspecified atom stereocenters. The standard InChI is InChI=1S/C27H21BrN2O6/c1-32-23-12-16(13-24(33-2)25(23)34-3)27-30-19-14-18(8-9-21(19)36-27)29-26(31)22-11-10-20(35-22)15-4-6-17(28)7-5-15/h4-14H,1-3H3,(H,29,31). The van der Waals surface area contributed by atoms with E-state index < -0.39 is 0 Å². The zero-order valence-electron chi connectivity index (χ0n) is 19.6. The first kappa shape index (κ1) is 23.5. The second-order valence-electron chi connectivity index (χ2n) is 7.74. The molecular formula is C27H21BrN2O6. The van der Waals surface area contributed by atoms with Crippen molar-refractivity contribution in [2.45, 2.75) is 0 Å². The SMILES string of the molecule is COc1cc(-c2nc3cc(NC(=O)c4ccc(-c5ccc(Br)cc5)o4)ccc3o2)cc(OC)c1OC. The number of carbonyl (C=O) groups excluding carboxylic acids is 1. The Hall–Kier alpha value is -4.24. The molecule has 36 heavy (non-hydrogen) atoms. The van der Waals surface area contributed by atoms with Gasteiger partial charge in [-0.25, -0.2) is 4.98 Å². The number of anilines is 1. The Bertz CT molecular complexity index is 1530. The minimum atomic E-state index is -0.369. The molecule has 9 heteroatoms. The molecule has 0 aliphatic rings. The van der Waals surface area contributed by atoms with Gasteiger partial charge in [0.05, 0.1) is 21.3 Å². The molecular weight excluding hydrogens is 528 g/mol. The van der Waals surface area contributed by atoms with E-state index in [0.717, 1.165) is 10.0 Å². The maximum absolute atomic E-state index is 12.8. The van der Waals surface area contributed by atoms with E-state index >= 15 is 0 Å². The number of oxazole rings is 1. The van der Waals surface area contributed by atoms with Crippen LogP contribution in [0.1, 0.15) is 10.6 Å². The smallest absolute Gasteiger partial charge is 0.291 e. The lowest BCUT2D eigenvalue weighted by Crippen LogP contribution is -2.10. The van der Waals surface area contributed by atoms with E-state index in [2.05, 4.69) is 26.2 Å². The van der Waals surface area contributed by atoms with Gasteiger partial charge in [0.1, 0.15) is 11.3 Å². The molecule has 3 aromatic carbocycles. The Balaban J connectivity index is 1.39. The number of nitrogens with one attached hydrogen (secondary N) is 1. The minimum Gasteiger partial charge on any atom is -0.493 e. The zero-order valence-corrected chi connectivity index (χ0v) is 21.2. The summed E-state index contributed by atoms with van der Waals surface area (Å²) in [6, 6.07) is 19.8. The first-order valence-corrected chi connectivity index (χ1v) is 11.7. The lowest BCUT2D eigenvalue weighted by Gasteiger charge is -2.12. The van der Waals surface area contributed by atoms with Crippen LogP contribution >= 0.6 is 15.9 Å². The molecule has 182 valence electrons. The highest BCUT2D eigenvalue weighted by Crippen LogP contribution is 2.41. The Morgan fingerprint density at radius 3 is 2.22 bits per heavy atom. The number of hydrogen-bond acceptors (Lipinski definition) is 7. The van der Waals surface area contributed by atoms with Crippen LogP contribution in [0, 0.1) is 0 Å². The van der Waals surface area contributed by atoms with Crippen LogP contribution in [0.15, 0.2) is 80.0 Å². The predicted molar refractivity (Wildman–Crippen MR) is 139 cm³/mol. The Kier molecular flexibility index (Phi) is 6.39. The van der Waals surface area contributed by atoms with Crippen LogP contribution in [0.3, 0.4) is 0 Å². The molecule has 5 rings (SSSR count). The number of aromatic nitrogens is 1. The van der Waals surface area contributed by atoms with E-state index in [1.165, 1.54) is 0 Å². The van der Waals surface area contributed by atoms with Gasteiger partial charge in [0, 0.05) is 21.3 Å². The van der Waals surface area contributed by atoms with Crippen LogP contribution in [0.4, 0.5) is 5.69 Å². The summed E-state index contributed by atoms with van der Waals surface area (Å²) >= 11 is 3.41. The molecule has 0 aliphatic heterocycles. The molecule has 0 saturated heterocycles. The Morgan fingerprint density at radius 1 is 0.833 bits per heavy atom. The lowest BCUT2D eigenvalue weighted by atomic mass is 10.2. The van der Waals surface area contributed by atoms with Gasteiger partial charge in [-0.05, 0) is 54.6 Å². The third kappa shape index (κ3) is 4.52. The van der Waals surface area contributed by atoms with Crippen molar-refractivity contribution in [3.63, 3.8) is 0 Å². The van der Waals surface area contributed by atoms with Crippen LogP contribution < -0.4 is 19.5 Å². The van der Waals surface area contributed by atoms with Crippen molar-refractivity contribution in [1.29, 1.82) is 0 Å². The van der Waals surface area contributed by atoms with Gasteiger partial charge in [-0.1, -0.05) is 28.1 Å². The van der Waals surface area contributed by atoms with Crippen LogP contribution in [0.2, 0.25) is 0 Å². The van der Waals surface area contributed by atoms with Crippen LogP contribution in [0.25, 0.3) is 33.9 Å². The fraction of sp³-hybridized carbons (Fsp3) is 0.111. The molecule has 0 bridgehead atoms. The third-order valence-corrected chi connectivity index (χ3v) is 6.04. The number of halogens is 1. The van der Waals surface area contributed by atoms with Crippen LogP contribution in [0.5, 0.6) is 17.2 Å². The van der Waals surface area contributed by atoms with Crippen LogP contribution in [-0.4, -0.2) is 32.2 Å². The van der Waals surface area contributed by atoms with Gasteiger partial charge in [-0.15, -0.1) is 0 Å². The molecule has 0 saturated carbocycles. The number of fused-ring (bicyclic) bond motifs is 1. The molecule has 0 spiro atoms. The van der Waals surface area contributed by atoms with Gasteiger partial charge in [-0.3, -0.25) is 4.79 Å². The number of benzene rings is 3. The van der Waals surface area contributed by atoms with Crippen molar-refractivity contribution < 1.29 is 27.8 Å². The zero-order chi connectivity index (χ0) is 25.2. The van der Waals surface area contributed by atoms with Crippen molar-refractivity contribution in [3.8, 4) is 40.0 Å². The molecule has 1 amide bonds. The summed E-state index contributed by atoms with van der Waals surface area (Å²) < 4.78 is 28.9. The summed E-state index contributed by atoms with van der Waals surface area (Å²) in [5.41, 5.74) is 3.22. The van der Waals surface area contributed by atoms with E-state index in [9.17, 15) is 4.79 Å². The average Bonchev–Trinajstić information content (AvgIpc) is 3.56. The third-order valence-electron chi connectivity index (χ3n) is 5.52. The van der Waals surface area contributed by atoms with Crippen molar-refractivity contribution in [3.05, 3.63) is 77.0 Å². The maximum atomic E-state index is 12.8. The average molecular weight is 549 g/mol. The molecule has 0 atom stereocenters. The van der Waals surface area contributed by atoms with Gasteiger partial charge < -0.3 is 28.4 Å². The van der Waals surface area contributed by atoms with Crippen molar-refractivity contribution in [2.75, 3.05) is 26.6 Å². The van der Waals surface area contributed by atoms with E-state index in [0.29, 0.717) is 51.3 Å². The lowest BCUT2D eigenvalue weighted by molar-refractivity contribution is 0.0997. The first-order valence-electron chi connectivity index (χ1n) is 10.9. The summed E-state index contributed by atoms with van der Waals surface area (Å²) in [4.78, 5) is 17.4. The number of nitrogens with zero attached hydrogens (tertiary/aromatic N) is 1. The molecule has 0 radical (unpaired) electrons. The second-order valence-corrected chi connectivity index (χ2v) is 8.66. The highest BCUT2D eigenvalue weighted by Gasteiger charge is 2.18. The highest BCUT2D eigenvalue weighted by molar-refractivity contribution is 9.10. The number of ether oxygens (including phenoxy) is 3. The second kappa shape index (κ2) is 9.79. The largest absolute Gasteiger partial charge is 0.493 e. The molecule has 2 heterocycles. The van der Waals surface area contributed by atoms with Gasteiger partial charge in [0.15, 0.2) is 22.8 Å². The molecule has 2 aromatic heterocycles. The molecule has 8 nitrogen and oxygen atoms in total. The number of furan rings is 1. The Morgan fingerprint density at radius 2 is 1.56 bits per heavy atom. The normalized spacial score (nSPS) is 10.9. The molecule has 5 aromatic rings. The molecule has 0 fully saturated rings. The fourth-order valence-corrected chi connectivity index (χ4v) is 4.02.